The van der Waals surface area contributed by atoms with Crippen LogP contribution in [-0.2, 0) is 11.2 Å². The van der Waals surface area contributed by atoms with E-state index in [1.165, 1.54) is 11.3 Å². The molecule has 2 heterocycles. The molecular weight excluding hydrogens is 376 g/mol. The van der Waals surface area contributed by atoms with Gasteiger partial charge < -0.3 is 9.73 Å². The molecule has 0 radical (unpaired) electrons. The van der Waals surface area contributed by atoms with Gasteiger partial charge in [0.2, 0.25) is 5.91 Å². The Morgan fingerprint density at radius 2 is 2.09 bits per heavy atom. The van der Waals surface area contributed by atoms with E-state index in [2.05, 4.69) is 26.2 Å². The molecule has 23 heavy (non-hydrogen) atoms. The van der Waals surface area contributed by atoms with Crippen LogP contribution < -0.4 is 5.32 Å². The molecule has 1 aromatic carbocycles. The van der Waals surface area contributed by atoms with E-state index in [-0.39, 0.29) is 5.91 Å². The second-order valence-electron chi connectivity index (χ2n) is 5.06. The number of aryl methyl sites for hydroxylation is 2. The van der Waals surface area contributed by atoms with Crippen LogP contribution in [0.15, 0.2) is 51.6 Å². The number of carbonyl (C=O) groups excluding carboxylic acids is 1. The summed E-state index contributed by atoms with van der Waals surface area (Å²) < 4.78 is 6.26. The predicted octanol–water partition coefficient (Wildman–Crippen LogP) is 5.05. The highest BCUT2D eigenvalue weighted by Gasteiger charge is 2.12. The van der Waals surface area contributed by atoms with Gasteiger partial charge in [-0.3, -0.25) is 4.79 Å². The summed E-state index contributed by atoms with van der Waals surface area (Å²) in [6, 6.07) is 11.7. The van der Waals surface area contributed by atoms with Gasteiger partial charge in [0.05, 0.1) is 12.0 Å². The molecule has 1 N–H and O–H groups in total. The molecule has 2 aromatic heterocycles. The number of rotatable bonds is 5. The third-order valence-corrected chi connectivity index (χ3v) is 4.75. The Morgan fingerprint density at radius 3 is 2.78 bits per heavy atom. The first kappa shape index (κ1) is 16.0. The van der Waals surface area contributed by atoms with Gasteiger partial charge in [-0.25, -0.2) is 4.98 Å². The van der Waals surface area contributed by atoms with Crippen LogP contribution in [0.4, 0.5) is 5.13 Å². The van der Waals surface area contributed by atoms with Crippen molar-refractivity contribution >= 4 is 38.3 Å². The minimum absolute atomic E-state index is 0.0579. The highest BCUT2D eigenvalue weighted by Crippen LogP contribution is 2.31. The highest BCUT2D eigenvalue weighted by molar-refractivity contribution is 9.10. The molecule has 0 atom stereocenters. The molecule has 0 saturated heterocycles. The first-order valence-electron chi connectivity index (χ1n) is 7.17. The third-order valence-electron chi connectivity index (χ3n) is 3.34. The Balaban J connectivity index is 1.66. The van der Waals surface area contributed by atoms with E-state index in [9.17, 15) is 4.79 Å². The lowest BCUT2D eigenvalue weighted by Crippen LogP contribution is -2.11. The van der Waals surface area contributed by atoms with Crippen molar-refractivity contribution in [1.29, 1.82) is 0 Å². The number of thiazole rings is 1. The normalized spacial score (nSPS) is 10.7. The van der Waals surface area contributed by atoms with Crippen molar-refractivity contribution in [2.24, 2.45) is 0 Å². The van der Waals surface area contributed by atoms with E-state index in [1.54, 1.807) is 6.26 Å². The maximum absolute atomic E-state index is 12.0. The van der Waals surface area contributed by atoms with E-state index in [0.717, 1.165) is 26.4 Å². The number of amides is 1. The largest absolute Gasteiger partial charge is 0.469 e. The van der Waals surface area contributed by atoms with Crippen LogP contribution in [0.1, 0.15) is 17.1 Å². The molecule has 3 rings (SSSR count). The van der Waals surface area contributed by atoms with Gasteiger partial charge in [-0.2, -0.15) is 0 Å². The summed E-state index contributed by atoms with van der Waals surface area (Å²) in [6.45, 7) is 2.01. The summed E-state index contributed by atoms with van der Waals surface area (Å²) in [7, 11) is 0. The van der Waals surface area contributed by atoms with Gasteiger partial charge >= 0.3 is 0 Å². The molecule has 0 fully saturated rings. The molecule has 0 spiro atoms. The van der Waals surface area contributed by atoms with Gasteiger partial charge in [-0.05, 0) is 31.2 Å². The lowest BCUT2D eigenvalue weighted by Gasteiger charge is -2.00. The van der Waals surface area contributed by atoms with E-state index in [0.29, 0.717) is 18.0 Å². The zero-order chi connectivity index (χ0) is 16.2. The molecule has 0 aliphatic heterocycles. The number of hydrogen-bond acceptors (Lipinski definition) is 4. The fourth-order valence-electron chi connectivity index (χ4n) is 2.20. The summed E-state index contributed by atoms with van der Waals surface area (Å²) in [6.07, 6.45) is 2.57. The van der Waals surface area contributed by atoms with Crippen LogP contribution in [0.3, 0.4) is 0 Å². The minimum atomic E-state index is -0.0579. The number of hydrogen-bond donors (Lipinski definition) is 1. The third kappa shape index (κ3) is 4.09. The smallest absolute Gasteiger partial charge is 0.226 e. The van der Waals surface area contributed by atoms with Gasteiger partial charge in [0, 0.05) is 27.8 Å². The van der Waals surface area contributed by atoms with Crippen LogP contribution in [0.5, 0.6) is 0 Å². The molecule has 0 unspecified atom stereocenters. The number of anilines is 1. The van der Waals surface area contributed by atoms with Gasteiger partial charge in [-0.15, -0.1) is 11.3 Å². The van der Waals surface area contributed by atoms with Crippen LogP contribution in [0, 0.1) is 6.92 Å². The second kappa shape index (κ2) is 7.10. The number of nitrogens with one attached hydrogen (secondary N) is 1. The van der Waals surface area contributed by atoms with Gasteiger partial charge in [0.15, 0.2) is 5.13 Å². The SMILES string of the molecule is Cc1sc(NC(=O)CCc2ccco2)nc1-c1ccc(Br)cc1. The average molecular weight is 391 g/mol. The fraction of sp³-hybridized carbons (Fsp3) is 0.176. The lowest BCUT2D eigenvalue weighted by molar-refractivity contribution is -0.116. The highest BCUT2D eigenvalue weighted by atomic mass is 79.9. The van der Waals surface area contributed by atoms with Gasteiger partial charge in [-0.1, -0.05) is 28.1 Å². The van der Waals surface area contributed by atoms with E-state index in [4.69, 9.17) is 4.42 Å². The summed E-state index contributed by atoms with van der Waals surface area (Å²) in [4.78, 5) is 17.6. The van der Waals surface area contributed by atoms with E-state index in [1.807, 2.05) is 43.3 Å². The molecule has 0 aliphatic carbocycles. The fourth-order valence-corrected chi connectivity index (χ4v) is 3.32. The van der Waals surface area contributed by atoms with E-state index < -0.39 is 0 Å². The first-order chi connectivity index (χ1) is 11.1. The summed E-state index contributed by atoms with van der Waals surface area (Å²) in [5.41, 5.74) is 1.95. The van der Waals surface area contributed by atoms with Crippen molar-refractivity contribution in [2.75, 3.05) is 5.32 Å². The number of carbonyl (C=O) groups is 1. The quantitative estimate of drug-likeness (QED) is 0.663. The Morgan fingerprint density at radius 1 is 1.30 bits per heavy atom. The molecule has 4 nitrogen and oxygen atoms in total. The molecule has 3 aromatic rings. The van der Waals surface area contributed by atoms with Crippen molar-refractivity contribution in [3.63, 3.8) is 0 Å². The number of halogens is 1. The Labute approximate surface area is 146 Å². The van der Waals surface area contributed by atoms with Crippen LogP contribution in [0.25, 0.3) is 11.3 Å². The molecular formula is C17H15BrN2O2S. The van der Waals surface area contributed by atoms with E-state index >= 15 is 0 Å². The monoisotopic (exact) mass is 390 g/mol. The molecule has 0 saturated carbocycles. The maximum Gasteiger partial charge on any atom is 0.226 e. The second-order valence-corrected chi connectivity index (χ2v) is 7.18. The Kier molecular flexibility index (Phi) is 4.93. The van der Waals surface area contributed by atoms with Crippen molar-refractivity contribution in [1.82, 2.24) is 4.98 Å². The van der Waals surface area contributed by atoms with Gasteiger partial charge in [0.25, 0.3) is 0 Å². The summed E-state index contributed by atoms with van der Waals surface area (Å²) in [5, 5.41) is 3.49. The Hall–Kier alpha value is -1.92. The number of aromatic nitrogens is 1. The topological polar surface area (TPSA) is 55.1 Å². The zero-order valence-electron chi connectivity index (χ0n) is 12.5. The van der Waals surface area contributed by atoms with Crippen molar-refractivity contribution in [3.8, 4) is 11.3 Å². The summed E-state index contributed by atoms with van der Waals surface area (Å²) in [5.74, 6) is 0.753. The Bertz CT molecular complexity index is 795. The predicted molar refractivity (Wildman–Crippen MR) is 95.6 cm³/mol. The van der Waals surface area contributed by atoms with Crippen molar-refractivity contribution in [2.45, 2.75) is 19.8 Å². The zero-order valence-corrected chi connectivity index (χ0v) is 14.9. The lowest BCUT2D eigenvalue weighted by atomic mass is 10.1. The molecule has 118 valence electrons. The molecule has 1 amide bonds. The maximum atomic E-state index is 12.0. The first-order valence-corrected chi connectivity index (χ1v) is 8.78. The van der Waals surface area contributed by atoms with Crippen LogP contribution in [-0.4, -0.2) is 10.9 Å². The molecule has 0 bridgehead atoms. The van der Waals surface area contributed by atoms with Gasteiger partial charge in [0.1, 0.15) is 5.76 Å². The van der Waals surface area contributed by atoms with Crippen LogP contribution >= 0.6 is 27.3 Å². The standard InChI is InChI=1S/C17H15BrN2O2S/c1-11-16(12-4-6-13(18)7-5-12)20-17(23-11)19-15(21)9-8-14-3-2-10-22-14/h2-7,10H,8-9H2,1H3,(H,19,20,21). The molecule has 6 heteroatoms. The van der Waals surface area contributed by atoms with Crippen molar-refractivity contribution in [3.05, 3.63) is 57.8 Å². The number of nitrogens with zero attached hydrogens (tertiary/aromatic N) is 1. The average Bonchev–Trinajstić information content (AvgIpc) is 3.16. The number of furan rings is 1. The minimum Gasteiger partial charge on any atom is -0.469 e. The van der Waals surface area contributed by atoms with Crippen LogP contribution in [0.2, 0.25) is 0 Å². The molecule has 0 aliphatic rings. The summed E-state index contributed by atoms with van der Waals surface area (Å²) >= 11 is 4.91. The van der Waals surface area contributed by atoms with Crippen molar-refractivity contribution < 1.29 is 9.21 Å². The number of benzene rings is 1.